The first-order valence-corrected chi connectivity index (χ1v) is 7.36. The van der Waals surface area contributed by atoms with Gasteiger partial charge in [-0.3, -0.25) is 4.79 Å². The highest BCUT2D eigenvalue weighted by Crippen LogP contribution is 2.34. The molecule has 0 bridgehead atoms. The third-order valence-corrected chi connectivity index (χ3v) is 3.91. The first-order valence-electron chi connectivity index (χ1n) is 7.36. The topological polar surface area (TPSA) is 41.9 Å². The molecule has 0 unspecified atom stereocenters. The third kappa shape index (κ3) is 2.95. The summed E-state index contributed by atoms with van der Waals surface area (Å²) in [4.78, 5) is 11.9. The van der Waals surface area contributed by atoms with E-state index in [1.54, 1.807) is 19.2 Å². The molecule has 0 saturated heterocycles. The summed E-state index contributed by atoms with van der Waals surface area (Å²) in [6.45, 7) is 1.48. The molecule has 0 radical (unpaired) electrons. The second kappa shape index (κ2) is 6.20. The Kier molecular flexibility index (Phi) is 4.10. The molecule has 23 heavy (non-hydrogen) atoms. The van der Waals surface area contributed by atoms with Gasteiger partial charge in [0.1, 0.15) is 11.6 Å². The van der Waals surface area contributed by atoms with Crippen molar-refractivity contribution in [2.45, 2.75) is 19.4 Å². The van der Waals surface area contributed by atoms with Crippen LogP contribution in [0.25, 0.3) is 0 Å². The van der Waals surface area contributed by atoms with E-state index in [2.05, 4.69) is 5.10 Å². The first kappa shape index (κ1) is 15.2. The lowest BCUT2D eigenvalue weighted by Crippen LogP contribution is -2.24. The number of hydrazone groups is 1. The van der Waals surface area contributed by atoms with E-state index < -0.39 is 0 Å². The molecule has 1 heterocycles. The van der Waals surface area contributed by atoms with Crippen LogP contribution in [0.4, 0.5) is 4.39 Å². The van der Waals surface area contributed by atoms with Crippen LogP contribution < -0.4 is 4.74 Å². The Balaban J connectivity index is 1.97. The Morgan fingerprint density at radius 3 is 2.57 bits per heavy atom. The third-order valence-electron chi connectivity index (χ3n) is 3.91. The van der Waals surface area contributed by atoms with Crippen LogP contribution in [0, 0.1) is 5.82 Å². The molecule has 4 nitrogen and oxygen atoms in total. The van der Waals surface area contributed by atoms with Gasteiger partial charge >= 0.3 is 0 Å². The number of carbonyl (C=O) groups excluding carboxylic acids is 1. The number of nitrogens with zero attached hydrogens (tertiary/aromatic N) is 2. The Hall–Kier alpha value is -2.69. The van der Waals surface area contributed by atoms with E-state index in [9.17, 15) is 9.18 Å². The van der Waals surface area contributed by atoms with Gasteiger partial charge in [-0.05, 0) is 29.8 Å². The molecular weight excluding hydrogens is 295 g/mol. The summed E-state index contributed by atoms with van der Waals surface area (Å²) in [5, 5.41) is 5.93. The number of methoxy groups -OCH3 is 1. The molecule has 1 amide bonds. The van der Waals surface area contributed by atoms with Crippen LogP contribution in [0.5, 0.6) is 5.75 Å². The Labute approximate surface area is 134 Å². The van der Waals surface area contributed by atoms with Crippen molar-refractivity contribution in [1.82, 2.24) is 5.01 Å². The number of amides is 1. The largest absolute Gasteiger partial charge is 0.496 e. The first-order chi connectivity index (χ1) is 11.1. The molecule has 2 aromatic rings. The lowest BCUT2D eigenvalue weighted by atomic mass is 9.98. The summed E-state index contributed by atoms with van der Waals surface area (Å²) >= 11 is 0. The van der Waals surface area contributed by atoms with Crippen molar-refractivity contribution in [2.75, 3.05) is 7.11 Å². The zero-order valence-electron chi connectivity index (χ0n) is 13.0. The van der Waals surface area contributed by atoms with Crippen LogP contribution >= 0.6 is 0 Å². The summed E-state index contributed by atoms with van der Waals surface area (Å²) in [5.74, 6) is 0.269. The molecule has 0 spiro atoms. The van der Waals surface area contributed by atoms with Crippen molar-refractivity contribution < 1.29 is 13.9 Å². The summed E-state index contributed by atoms with van der Waals surface area (Å²) in [6.07, 6.45) is 0.561. The Morgan fingerprint density at radius 1 is 1.22 bits per heavy atom. The Bertz CT molecular complexity index is 756. The molecule has 0 N–H and O–H groups in total. The SMILES string of the molecule is COc1ccccc1C1=NN(C(C)=O)[C@@H](c2ccc(F)cc2)C1. The molecule has 5 heteroatoms. The minimum atomic E-state index is -0.299. The molecule has 0 saturated carbocycles. The summed E-state index contributed by atoms with van der Waals surface area (Å²) in [7, 11) is 1.61. The average molecular weight is 312 g/mol. The van der Waals surface area contributed by atoms with E-state index in [0.717, 1.165) is 22.6 Å². The highest BCUT2D eigenvalue weighted by Gasteiger charge is 2.32. The standard InChI is InChI=1S/C18H17FN2O2/c1-12(22)21-17(13-7-9-14(19)10-8-13)11-16(20-21)15-5-3-4-6-18(15)23-2/h3-10,17H,11H2,1-2H3/t17-/m1/s1. The minimum Gasteiger partial charge on any atom is -0.496 e. The quantitative estimate of drug-likeness (QED) is 0.870. The maximum atomic E-state index is 13.1. The van der Waals surface area contributed by atoms with Gasteiger partial charge in [-0.25, -0.2) is 9.40 Å². The second-order valence-electron chi connectivity index (χ2n) is 5.38. The number of ether oxygens (including phenoxy) is 1. The summed E-state index contributed by atoms with van der Waals surface area (Å²) in [5.41, 5.74) is 2.51. The zero-order chi connectivity index (χ0) is 16.4. The normalized spacial score (nSPS) is 17.1. The fourth-order valence-electron chi connectivity index (χ4n) is 2.79. The van der Waals surface area contributed by atoms with Crippen molar-refractivity contribution in [3.8, 4) is 5.75 Å². The van der Waals surface area contributed by atoms with Crippen molar-refractivity contribution >= 4 is 11.6 Å². The molecule has 1 aliphatic heterocycles. The number of carbonyl (C=O) groups is 1. The highest BCUT2D eigenvalue weighted by atomic mass is 19.1. The van der Waals surface area contributed by atoms with Gasteiger partial charge < -0.3 is 4.74 Å². The van der Waals surface area contributed by atoms with Crippen molar-refractivity contribution in [2.24, 2.45) is 5.10 Å². The molecule has 118 valence electrons. The van der Waals surface area contributed by atoms with Crippen molar-refractivity contribution in [1.29, 1.82) is 0 Å². The molecule has 0 aromatic heterocycles. The van der Waals surface area contributed by atoms with Crippen molar-refractivity contribution in [3.05, 3.63) is 65.5 Å². The van der Waals surface area contributed by atoms with Gasteiger partial charge in [-0.1, -0.05) is 24.3 Å². The minimum absolute atomic E-state index is 0.149. The number of hydrogen-bond donors (Lipinski definition) is 0. The van der Waals surface area contributed by atoms with Gasteiger partial charge in [0.05, 0.1) is 18.9 Å². The van der Waals surface area contributed by atoms with Crippen LogP contribution in [-0.2, 0) is 4.79 Å². The monoisotopic (exact) mass is 312 g/mol. The van der Waals surface area contributed by atoms with Crippen LogP contribution in [0.1, 0.15) is 30.5 Å². The van der Waals surface area contributed by atoms with Gasteiger partial charge in [0.15, 0.2) is 0 Å². The van der Waals surface area contributed by atoms with Crippen molar-refractivity contribution in [3.63, 3.8) is 0 Å². The molecule has 0 fully saturated rings. The maximum Gasteiger partial charge on any atom is 0.240 e. The van der Waals surface area contributed by atoms with E-state index >= 15 is 0 Å². The smallest absolute Gasteiger partial charge is 0.240 e. The predicted molar refractivity (Wildman–Crippen MR) is 85.8 cm³/mol. The van der Waals surface area contributed by atoms with E-state index in [1.807, 2.05) is 24.3 Å². The van der Waals surface area contributed by atoms with Crippen LogP contribution in [0.3, 0.4) is 0 Å². The fraction of sp³-hybridized carbons (Fsp3) is 0.222. The molecule has 1 atom stereocenters. The number of para-hydroxylation sites is 1. The molecule has 1 aliphatic rings. The van der Waals surface area contributed by atoms with E-state index in [-0.39, 0.29) is 17.8 Å². The second-order valence-corrected chi connectivity index (χ2v) is 5.38. The fourth-order valence-corrected chi connectivity index (χ4v) is 2.79. The van der Waals surface area contributed by atoms with E-state index in [1.165, 1.54) is 24.1 Å². The number of rotatable bonds is 3. The van der Waals surface area contributed by atoms with Gasteiger partial charge in [-0.15, -0.1) is 0 Å². The number of benzene rings is 2. The van der Waals surface area contributed by atoms with Crippen LogP contribution in [0.15, 0.2) is 53.6 Å². The lowest BCUT2D eigenvalue weighted by molar-refractivity contribution is -0.130. The number of hydrogen-bond acceptors (Lipinski definition) is 3. The lowest BCUT2D eigenvalue weighted by Gasteiger charge is -2.20. The van der Waals surface area contributed by atoms with E-state index in [4.69, 9.17) is 4.74 Å². The van der Waals surface area contributed by atoms with Gasteiger partial charge in [-0.2, -0.15) is 5.10 Å². The van der Waals surface area contributed by atoms with E-state index in [0.29, 0.717) is 6.42 Å². The maximum absolute atomic E-state index is 13.1. The zero-order valence-corrected chi connectivity index (χ0v) is 13.0. The number of halogens is 1. The van der Waals surface area contributed by atoms with Gasteiger partial charge in [0.25, 0.3) is 0 Å². The predicted octanol–water partition coefficient (Wildman–Crippen LogP) is 3.53. The summed E-state index contributed by atoms with van der Waals surface area (Å²) < 4.78 is 18.5. The van der Waals surface area contributed by atoms with Gasteiger partial charge in [0.2, 0.25) is 5.91 Å². The van der Waals surface area contributed by atoms with Crippen LogP contribution in [0.2, 0.25) is 0 Å². The Morgan fingerprint density at radius 2 is 1.91 bits per heavy atom. The average Bonchev–Trinajstić information content (AvgIpc) is 3.01. The van der Waals surface area contributed by atoms with Crippen LogP contribution in [-0.4, -0.2) is 23.7 Å². The molecular formula is C18H17FN2O2. The molecule has 0 aliphatic carbocycles. The molecule has 2 aromatic carbocycles. The summed E-state index contributed by atoms with van der Waals surface area (Å²) in [6, 6.07) is 13.5. The van der Waals surface area contributed by atoms with Gasteiger partial charge in [0, 0.05) is 18.9 Å². The highest BCUT2D eigenvalue weighted by molar-refractivity contribution is 6.05. The molecule has 3 rings (SSSR count).